The van der Waals surface area contributed by atoms with Gasteiger partial charge in [0.05, 0.1) is 0 Å². The first-order valence-corrected chi connectivity index (χ1v) is 5.72. The van der Waals surface area contributed by atoms with E-state index < -0.39 is 0 Å². The van der Waals surface area contributed by atoms with Crippen LogP contribution in [0.15, 0.2) is 0 Å². The van der Waals surface area contributed by atoms with Crippen LogP contribution in [-0.2, 0) is 0 Å². The molecule has 0 aromatic rings. The van der Waals surface area contributed by atoms with Gasteiger partial charge < -0.3 is 15.1 Å². The lowest BCUT2D eigenvalue weighted by molar-refractivity contribution is 0.164. The van der Waals surface area contributed by atoms with Gasteiger partial charge >= 0.3 is 0 Å². The van der Waals surface area contributed by atoms with Crippen LogP contribution in [0.3, 0.4) is 0 Å². The van der Waals surface area contributed by atoms with Crippen LogP contribution in [-0.4, -0.2) is 62.2 Å². The van der Waals surface area contributed by atoms with Crippen molar-refractivity contribution in [2.75, 3.05) is 40.3 Å². The van der Waals surface area contributed by atoms with E-state index in [1.165, 1.54) is 19.5 Å². The summed E-state index contributed by atoms with van der Waals surface area (Å²) in [7, 11) is 4.45. The smallest absolute Gasteiger partial charge is 0.0230 e. The van der Waals surface area contributed by atoms with E-state index in [0.717, 1.165) is 19.1 Å². The molecule has 1 N–H and O–H groups in total. The predicted molar refractivity (Wildman–Crippen MR) is 61.7 cm³/mol. The SMILES string of the molecule is CC(C)N(C)CCC1CNCCN1C. The van der Waals surface area contributed by atoms with Crippen LogP contribution < -0.4 is 5.32 Å². The second-order valence-corrected chi connectivity index (χ2v) is 4.70. The summed E-state index contributed by atoms with van der Waals surface area (Å²) in [6.45, 7) is 9.20. The first-order valence-electron chi connectivity index (χ1n) is 5.72. The molecular weight excluding hydrogens is 174 g/mol. The van der Waals surface area contributed by atoms with Crippen molar-refractivity contribution in [1.82, 2.24) is 15.1 Å². The molecule has 0 aliphatic carbocycles. The lowest BCUT2D eigenvalue weighted by Gasteiger charge is -2.34. The lowest BCUT2D eigenvalue weighted by atomic mass is 10.1. The molecule has 1 heterocycles. The van der Waals surface area contributed by atoms with E-state index in [2.05, 4.69) is 43.1 Å². The first-order chi connectivity index (χ1) is 6.61. The van der Waals surface area contributed by atoms with Crippen molar-refractivity contribution >= 4 is 0 Å². The van der Waals surface area contributed by atoms with E-state index in [9.17, 15) is 0 Å². The summed E-state index contributed by atoms with van der Waals surface area (Å²) in [5, 5.41) is 3.46. The molecule has 0 bridgehead atoms. The van der Waals surface area contributed by atoms with Gasteiger partial charge in [0.15, 0.2) is 0 Å². The molecule has 1 aliphatic rings. The normalized spacial score (nSPS) is 24.9. The summed E-state index contributed by atoms with van der Waals surface area (Å²) < 4.78 is 0. The fourth-order valence-electron chi connectivity index (χ4n) is 1.80. The summed E-state index contributed by atoms with van der Waals surface area (Å²) >= 11 is 0. The van der Waals surface area contributed by atoms with Crippen LogP contribution >= 0.6 is 0 Å². The third-order valence-corrected chi connectivity index (χ3v) is 3.34. The number of hydrogen-bond acceptors (Lipinski definition) is 3. The number of nitrogens with one attached hydrogen (secondary N) is 1. The van der Waals surface area contributed by atoms with Crippen LogP contribution in [0.2, 0.25) is 0 Å². The zero-order valence-corrected chi connectivity index (χ0v) is 10.1. The van der Waals surface area contributed by atoms with Gasteiger partial charge in [-0.2, -0.15) is 0 Å². The maximum atomic E-state index is 3.46. The molecule has 0 spiro atoms. The monoisotopic (exact) mass is 199 g/mol. The van der Waals surface area contributed by atoms with E-state index in [0.29, 0.717) is 6.04 Å². The molecule has 0 amide bonds. The number of nitrogens with zero attached hydrogens (tertiary/aromatic N) is 2. The van der Waals surface area contributed by atoms with Gasteiger partial charge in [-0.15, -0.1) is 0 Å². The second kappa shape index (κ2) is 5.69. The third-order valence-electron chi connectivity index (χ3n) is 3.34. The summed E-state index contributed by atoms with van der Waals surface area (Å²) in [5.41, 5.74) is 0. The highest BCUT2D eigenvalue weighted by Crippen LogP contribution is 2.06. The Hall–Kier alpha value is -0.120. The van der Waals surface area contributed by atoms with E-state index >= 15 is 0 Å². The minimum Gasteiger partial charge on any atom is -0.314 e. The highest BCUT2D eigenvalue weighted by molar-refractivity contribution is 4.78. The van der Waals surface area contributed by atoms with E-state index in [-0.39, 0.29) is 0 Å². The van der Waals surface area contributed by atoms with Crippen molar-refractivity contribution in [3.8, 4) is 0 Å². The molecule has 1 rings (SSSR count). The van der Waals surface area contributed by atoms with Gasteiger partial charge in [-0.3, -0.25) is 0 Å². The van der Waals surface area contributed by atoms with Gasteiger partial charge in [0.1, 0.15) is 0 Å². The summed E-state index contributed by atoms with van der Waals surface area (Å²) in [6.07, 6.45) is 1.28. The number of rotatable bonds is 4. The standard InChI is InChI=1S/C11H25N3/c1-10(2)13(3)7-5-11-9-12-6-8-14(11)4/h10-12H,5-9H2,1-4H3. The minimum absolute atomic E-state index is 0.664. The van der Waals surface area contributed by atoms with Crippen LogP contribution in [0.1, 0.15) is 20.3 Å². The fourth-order valence-corrected chi connectivity index (χ4v) is 1.80. The molecule has 84 valence electrons. The van der Waals surface area contributed by atoms with E-state index in [4.69, 9.17) is 0 Å². The van der Waals surface area contributed by atoms with E-state index in [1.54, 1.807) is 0 Å². The molecule has 1 unspecified atom stereocenters. The second-order valence-electron chi connectivity index (χ2n) is 4.70. The molecule has 1 fully saturated rings. The van der Waals surface area contributed by atoms with E-state index in [1.807, 2.05) is 0 Å². The minimum atomic E-state index is 0.664. The Morgan fingerprint density at radius 3 is 2.79 bits per heavy atom. The summed E-state index contributed by atoms with van der Waals surface area (Å²) in [4.78, 5) is 4.90. The molecule has 1 saturated heterocycles. The maximum Gasteiger partial charge on any atom is 0.0230 e. The van der Waals surface area contributed by atoms with Gasteiger partial charge in [-0.25, -0.2) is 0 Å². The largest absolute Gasteiger partial charge is 0.314 e. The Balaban J connectivity index is 2.22. The van der Waals surface area contributed by atoms with Crippen LogP contribution in [0.25, 0.3) is 0 Å². The molecule has 3 nitrogen and oxygen atoms in total. The van der Waals surface area contributed by atoms with Gasteiger partial charge in [-0.05, 0) is 40.9 Å². The molecule has 0 aromatic heterocycles. The van der Waals surface area contributed by atoms with Gasteiger partial charge in [0.2, 0.25) is 0 Å². The van der Waals surface area contributed by atoms with Crippen LogP contribution in [0.4, 0.5) is 0 Å². The summed E-state index contributed by atoms with van der Waals surface area (Å²) in [5.74, 6) is 0. The predicted octanol–water partition coefficient (Wildman–Crippen LogP) is 0.620. The highest BCUT2D eigenvalue weighted by atomic mass is 15.2. The van der Waals surface area contributed by atoms with Crippen molar-refractivity contribution < 1.29 is 0 Å². The number of piperazine rings is 1. The molecular formula is C11H25N3. The van der Waals surface area contributed by atoms with Gasteiger partial charge in [-0.1, -0.05) is 0 Å². The van der Waals surface area contributed by atoms with Crippen molar-refractivity contribution in [2.45, 2.75) is 32.4 Å². The lowest BCUT2D eigenvalue weighted by Crippen LogP contribution is -2.50. The molecule has 0 aromatic carbocycles. The summed E-state index contributed by atoms with van der Waals surface area (Å²) in [6, 6.07) is 1.39. The Kier molecular flexibility index (Phi) is 4.85. The van der Waals surface area contributed by atoms with Gasteiger partial charge in [0, 0.05) is 31.7 Å². The average molecular weight is 199 g/mol. The average Bonchev–Trinajstić information content (AvgIpc) is 2.16. The first kappa shape index (κ1) is 12.0. The molecule has 0 radical (unpaired) electrons. The highest BCUT2D eigenvalue weighted by Gasteiger charge is 2.18. The van der Waals surface area contributed by atoms with Crippen molar-refractivity contribution in [3.63, 3.8) is 0 Å². The van der Waals surface area contributed by atoms with Crippen LogP contribution in [0.5, 0.6) is 0 Å². The van der Waals surface area contributed by atoms with Crippen molar-refractivity contribution in [1.29, 1.82) is 0 Å². The Morgan fingerprint density at radius 2 is 2.21 bits per heavy atom. The Labute approximate surface area is 88.5 Å². The zero-order chi connectivity index (χ0) is 10.6. The number of hydrogen-bond donors (Lipinski definition) is 1. The number of likely N-dealkylation sites (N-methyl/N-ethyl adjacent to an activating group) is 1. The fraction of sp³-hybridized carbons (Fsp3) is 1.00. The molecule has 14 heavy (non-hydrogen) atoms. The van der Waals surface area contributed by atoms with Gasteiger partial charge in [0.25, 0.3) is 0 Å². The molecule has 1 aliphatic heterocycles. The van der Waals surface area contributed by atoms with Crippen LogP contribution in [0, 0.1) is 0 Å². The topological polar surface area (TPSA) is 18.5 Å². The molecule has 1 atom stereocenters. The Bertz CT molecular complexity index is 159. The zero-order valence-electron chi connectivity index (χ0n) is 10.1. The maximum absolute atomic E-state index is 3.46. The molecule has 0 saturated carbocycles. The quantitative estimate of drug-likeness (QED) is 0.716. The third kappa shape index (κ3) is 3.56. The Morgan fingerprint density at radius 1 is 1.50 bits per heavy atom. The van der Waals surface area contributed by atoms with Crippen molar-refractivity contribution in [2.24, 2.45) is 0 Å². The molecule has 3 heteroatoms. The van der Waals surface area contributed by atoms with Crippen molar-refractivity contribution in [3.05, 3.63) is 0 Å².